The second-order valence-electron chi connectivity index (χ2n) is 14.8. The van der Waals surface area contributed by atoms with Crippen molar-refractivity contribution < 1.29 is 19.4 Å². The lowest BCUT2D eigenvalue weighted by Gasteiger charge is -2.52. The molecule has 3 N–H and O–H groups in total. The number of imidazole rings is 1. The number of nitrogens with one attached hydrogen (secondary N) is 2. The van der Waals surface area contributed by atoms with Gasteiger partial charge in [-0.3, -0.25) is 4.57 Å². The van der Waals surface area contributed by atoms with Gasteiger partial charge in [-0.05, 0) is 43.2 Å². The minimum Gasteiger partial charge on any atom is -0.465 e. The molecule has 47 heavy (non-hydrogen) atoms. The van der Waals surface area contributed by atoms with Gasteiger partial charge in [0.2, 0.25) is 5.95 Å². The highest BCUT2D eigenvalue weighted by Gasteiger charge is 2.46. The summed E-state index contributed by atoms with van der Waals surface area (Å²) < 4.78 is 14.0. The first-order valence-corrected chi connectivity index (χ1v) is 20.7. The van der Waals surface area contributed by atoms with E-state index in [1.165, 1.54) is 0 Å². The van der Waals surface area contributed by atoms with Crippen molar-refractivity contribution in [3.8, 4) is 0 Å². The number of nitrogens with zero attached hydrogens (tertiary/aromatic N) is 8. The summed E-state index contributed by atoms with van der Waals surface area (Å²) in [5.41, 5.74) is 3.08. The van der Waals surface area contributed by atoms with Gasteiger partial charge in [-0.25, -0.2) is 24.7 Å². The Kier molecular flexibility index (Phi) is 8.87. The van der Waals surface area contributed by atoms with E-state index in [-0.39, 0.29) is 6.04 Å². The largest absolute Gasteiger partial charge is 0.465 e. The fourth-order valence-electron chi connectivity index (χ4n) is 7.35. The maximum atomic E-state index is 10.9. The summed E-state index contributed by atoms with van der Waals surface area (Å²) in [7, 11) is -1.21. The van der Waals surface area contributed by atoms with Crippen LogP contribution in [0.1, 0.15) is 25.7 Å². The maximum Gasteiger partial charge on any atom is 0.405 e. The zero-order valence-corrected chi connectivity index (χ0v) is 28.8. The fourth-order valence-corrected chi connectivity index (χ4v) is 8.11. The van der Waals surface area contributed by atoms with Crippen LogP contribution in [0.15, 0.2) is 24.7 Å². The normalized spacial score (nSPS) is 20.4. The lowest BCUT2D eigenvalue weighted by molar-refractivity contribution is 0.0761. The van der Waals surface area contributed by atoms with E-state index >= 15 is 0 Å². The fraction of sp³-hybridized carbons (Fsp3) is 0.656. The van der Waals surface area contributed by atoms with Crippen molar-refractivity contribution in [1.29, 1.82) is 0 Å². The van der Waals surface area contributed by atoms with Crippen LogP contribution in [0.5, 0.6) is 0 Å². The molecule has 0 atom stereocenters. The van der Waals surface area contributed by atoms with Crippen LogP contribution in [0.2, 0.25) is 25.7 Å². The van der Waals surface area contributed by atoms with E-state index in [1.807, 2.05) is 12.3 Å². The molecule has 15 heteroatoms. The number of carboxylic acid groups (broad SMARTS) is 1. The Balaban J connectivity index is 0.989. The molecule has 4 fully saturated rings. The minimum absolute atomic E-state index is 0.0203. The first kappa shape index (κ1) is 31.9. The number of rotatable bonds is 11. The molecule has 7 rings (SSSR count). The van der Waals surface area contributed by atoms with Crippen molar-refractivity contribution in [2.24, 2.45) is 5.41 Å². The first-order chi connectivity index (χ1) is 22.6. The van der Waals surface area contributed by atoms with Crippen LogP contribution in [-0.2, 0) is 16.2 Å². The molecule has 6 heterocycles. The van der Waals surface area contributed by atoms with Gasteiger partial charge in [-0.2, -0.15) is 0 Å². The van der Waals surface area contributed by atoms with E-state index in [9.17, 15) is 4.79 Å². The molecule has 0 bridgehead atoms. The van der Waals surface area contributed by atoms with Gasteiger partial charge in [0.15, 0.2) is 17.0 Å². The molecule has 1 amide bonds. The van der Waals surface area contributed by atoms with E-state index in [4.69, 9.17) is 24.5 Å². The van der Waals surface area contributed by atoms with Gasteiger partial charge >= 0.3 is 6.09 Å². The number of aromatic nitrogens is 5. The Morgan fingerprint density at radius 1 is 1.04 bits per heavy atom. The zero-order chi connectivity index (χ0) is 32.6. The SMILES string of the molecule is C[Si](C)(C)CCOCn1c(N2CCC3(CC2)CC(Nc2cc(N4CC(NC(=O)O)C4)ccn2)C3)nc2c(N3CCOCC3)ncnc21. The molecule has 4 aliphatic rings. The standard InChI is InChI=1S/C32H48N10O4Si/c1-47(2,3)15-14-46-22-42-29-27(28(34-21-35-29)39-10-12-45-13-11-39)38-30(42)40-8-5-32(6-9-40)17-23(18-32)36-26-16-25(4-7-33-26)41-19-24(20-41)37-31(43)44/h4,7,16,21,23-24,37H,5-6,8-15,17-20,22H2,1-3H3,(H,33,36)(H,43,44). The Labute approximate surface area is 276 Å². The number of fused-ring (bicyclic) bond motifs is 1. The number of hydrogen-bond donors (Lipinski definition) is 3. The molecule has 0 aromatic carbocycles. The topological polar surface area (TPSA) is 146 Å². The van der Waals surface area contributed by atoms with Gasteiger partial charge in [-0.15, -0.1) is 0 Å². The monoisotopic (exact) mass is 664 g/mol. The number of pyridine rings is 1. The smallest absolute Gasteiger partial charge is 0.405 e. The van der Waals surface area contributed by atoms with Crippen LogP contribution in [0.3, 0.4) is 0 Å². The second-order valence-corrected chi connectivity index (χ2v) is 20.5. The number of carbonyl (C=O) groups is 1. The third-order valence-electron chi connectivity index (χ3n) is 10.2. The lowest BCUT2D eigenvalue weighted by atomic mass is 9.60. The maximum absolute atomic E-state index is 10.9. The highest BCUT2D eigenvalue weighted by Crippen LogP contribution is 2.50. The summed E-state index contributed by atoms with van der Waals surface area (Å²) in [6.07, 6.45) is 7.01. The predicted molar refractivity (Wildman–Crippen MR) is 184 cm³/mol. The number of anilines is 4. The Bertz CT molecular complexity index is 1550. The van der Waals surface area contributed by atoms with E-state index < -0.39 is 14.2 Å². The van der Waals surface area contributed by atoms with E-state index in [0.29, 0.717) is 44.5 Å². The molecule has 3 aromatic rings. The summed E-state index contributed by atoms with van der Waals surface area (Å²) in [6.45, 7) is 14.5. The highest BCUT2D eigenvalue weighted by atomic mass is 28.3. The van der Waals surface area contributed by atoms with Gasteiger partial charge in [0.25, 0.3) is 0 Å². The number of ether oxygens (including phenoxy) is 2. The van der Waals surface area contributed by atoms with Crippen molar-refractivity contribution in [2.75, 3.05) is 79.1 Å². The van der Waals surface area contributed by atoms with Crippen molar-refractivity contribution in [3.05, 3.63) is 24.7 Å². The first-order valence-electron chi connectivity index (χ1n) is 17.0. The van der Waals surface area contributed by atoms with Crippen LogP contribution in [0.4, 0.5) is 28.1 Å². The molecule has 3 aliphatic heterocycles. The van der Waals surface area contributed by atoms with E-state index in [2.05, 4.69) is 65.6 Å². The molecule has 0 radical (unpaired) electrons. The molecular weight excluding hydrogens is 617 g/mol. The summed E-state index contributed by atoms with van der Waals surface area (Å²) in [4.78, 5) is 36.9. The molecule has 1 saturated carbocycles. The molecule has 14 nitrogen and oxygen atoms in total. The van der Waals surface area contributed by atoms with Crippen molar-refractivity contribution >= 4 is 48.6 Å². The summed E-state index contributed by atoms with van der Waals surface area (Å²) >= 11 is 0. The van der Waals surface area contributed by atoms with Crippen LogP contribution in [0.25, 0.3) is 11.2 Å². The quantitative estimate of drug-likeness (QED) is 0.203. The average molecular weight is 665 g/mol. The molecule has 254 valence electrons. The number of piperidine rings is 1. The molecule has 0 unspecified atom stereocenters. The van der Waals surface area contributed by atoms with Gasteiger partial charge < -0.3 is 39.9 Å². The second kappa shape index (κ2) is 13.1. The number of morpholine rings is 1. The number of amides is 1. The van der Waals surface area contributed by atoms with Crippen molar-refractivity contribution in [3.63, 3.8) is 0 Å². The molecule has 3 aromatic heterocycles. The van der Waals surface area contributed by atoms with Crippen molar-refractivity contribution in [1.82, 2.24) is 29.8 Å². The Morgan fingerprint density at radius 2 is 1.81 bits per heavy atom. The van der Waals surface area contributed by atoms with Gasteiger partial charge in [0.1, 0.15) is 18.9 Å². The lowest BCUT2D eigenvalue weighted by Crippen LogP contribution is -2.59. The molecular formula is C32H48N10O4Si. The van der Waals surface area contributed by atoms with Crippen LogP contribution < -0.4 is 25.3 Å². The third-order valence-corrected chi connectivity index (χ3v) is 11.9. The Hall–Kier alpha value is -3.69. The minimum atomic E-state index is -1.21. The van der Waals surface area contributed by atoms with E-state index in [0.717, 1.165) is 98.9 Å². The summed E-state index contributed by atoms with van der Waals surface area (Å²) in [6, 6.07) is 5.56. The zero-order valence-electron chi connectivity index (χ0n) is 27.8. The molecule has 3 saturated heterocycles. The molecule has 1 spiro atoms. The van der Waals surface area contributed by atoms with Gasteiger partial charge in [0.05, 0.1) is 19.3 Å². The summed E-state index contributed by atoms with van der Waals surface area (Å²) in [5.74, 6) is 2.69. The average Bonchev–Trinajstić information content (AvgIpc) is 3.39. The van der Waals surface area contributed by atoms with Crippen LogP contribution >= 0.6 is 0 Å². The van der Waals surface area contributed by atoms with Crippen LogP contribution in [0, 0.1) is 5.41 Å². The summed E-state index contributed by atoms with van der Waals surface area (Å²) in [5, 5.41) is 15.2. The Morgan fingerprint density at radius 3 is 2.53 bits per heavy atom. The van der Waals surface area contributed by atoms with Gasteiger partial charge in [0, 0.05) is 77.9 Å². The van der Waals surface area contributed by atoms with Gasteiger partial charge in [-0.1, -0.05) is 19.6 Å². The third kappa shape index (κ3) is 7.11. The number of hydrogen-bond acceptors (Lipinski definition) is 11. The van der Waals surface area contributed by atoms with Crippen LogP contribution in [-0.4, -0.2) is 115 Å². The van der Waals surface area contributed by atoms with E-state index in [1.54, 1.807) is 6.33 Å². The highest BCUT2D eigenvalue weighted by molar-refractivity contribution is 6.76. The van der Waals surface area contributed by atoms with Crippen molar-refractivity contribution in [2.45, 2.75) is 70.2 Å². The predicted octanol–water partition coefficient (Wildman–Crippen LogP) is 3.69. The molecule has 1 aliphatic carbocycles.